The van der Waals surface area contributed by atoms with Gasteiger partial charge in [0.1, 0.15) is 6.33 Å². The molecule has 2 aromatic carbocycles. The first-order valence-corrected chi connectivity index (χ1v) is 11.4. The highest BCUT2D eigenvalue weighted by molar-refractivity contribution is 7.89. The van der Waals surface area contributed by atoms with Gasteiger partial charge in [-0.3, -0.25) is 4.79 Å². The first-order chi connectivity index (χ1) is 15.6. The molecule has 1 fully saturated rings. The molecule has 1 amide bonds. The molecule has 0 saturated carbocycles. The van der Waals surface area contributed by atoms with E-state index in [0.717, 1.165) is 22.5 Å². The van der Waals surface area contributed by atoms with E-state index in [0.29, 0.717) is 17.4 Å². The fourth-order valence-electron chi connectivity index (χ4n) is 3.59. The second-order valence-corrected chi connectivity index (χ2v) is 9.44. The maximum Gasteiger partial charge on any atom is 0.416 e. The van der Waals surface area contributed by atoms with E-state index in [-0.39, 0.29) is 31.8 Å². The molecule has 0 radical (unpaired) electrons. The maximum absolute atomic E-state index is 13.0. The maximum atomic E-state index is 13.0. The van der Waals surface area contributed by atoms with E-state index < -0.39 is 32.6 Å². The second-order valence-electron chi connectivity index (χ2n) is 7.50. The number of carbonyl (C=O) groups is 1. The lowest BCUT2D eigenvalue weighted by atomic mass is 9.97. The van der Waals surface area contributed by atoms with Crippen LogP contribution in [0.5, 0.6) is 0 Å². The number of benzene rings is 2. The van der Waals surface area contributed by atoms with Gasteiger partial charge in [0.2, 0.25) is 15.9 Å². The van der Waals surface area contributed by atoms with E-state index in [9.17, 15) is 26.4 Å². The summed E-state index contributed by atoms with van der Waals surface area (Å²) in [6.45, 7) is 0.0582. The average Bonchev–Trinajstić information content (AvgIpc) is 3.34. The van der Waals surface area contributed by atoms with E-state index in [1.165, 1.54) is 11.0 Å². The number of nitrogens with zero attached hydrogens (tertiary/aromatic N) is 5. The number of amides is 1. The molecule has 9 nitrogen and oxygen atoms in total. The number of hydrogen-bond donors (Lipinski definition) is 1. The molecule has 0 spiro atoms. The fourth-order valence-corrected chi connectivity index (χ4v) is 5.11. The number of hydrogen-bond acceptors (Lipinski definition) is 6. The minimum absolute atomic E-state index is 0.0291. The summed E-state index contributed by atoms with van der Waals surface area (Å²) >= 11 is 0. The molecule has 33 heavy (non-hydrogen) atoms. The number of tetrazole rings is 1. The lowest BCUT2D eigenvalue weighted by molar-refractivity contribution is -0.137. The van der Waals surface area contributed by atoms with E-state index in [2.05, 4.69) is 20.8 Å². The molecule has 174 valence electrons. The van der Waals surface area contributed by atoms with Crippen molar-refractivity contribution in [1.29, 1.82) is 0 Å². The molecule has 4 rings (SSSR count). The van der Waals surface area contributed by atoms with Crippen LogP contribution in [0.15, 0.2) is 59.8 Å². The Balaban J connectivity index is 1.40. The summed E-state index contributed by atoms with van der Waals surface area (Å²) in [5.41, 5.74) is 0.161. The molecule has 2 heterocycles. The molecule has 0 aliphatic carbocycles. The van der Waals surface area contributed by atoms with Crippen molar-refractivity contribution in [3.8, 4) is 5.69 Å². The second kappa shape index (κ2) is 8.90. The fraction of sp³-hybridized carbons (Fsp3) is 0.300. The molecule has 1 aliphatic rings. The SMILES string of the molecule is O=C(Nc1cccc(-n2cnnn2)c1)C1CCN(S(=O)(=O)c2cccc(C(F)(F)F)c2)CC1. The summed E-state index contributed by atoms with van der Waals surface area (Å²) in [4.78, 5) is 12.3. The van der Waals surface area contributed by atoms with Gasteiger partial charge in [0.15, 0.2) is 0 Å². The van der Waals surface area contributed by atoms with Gasteiger partial charge in [-0.25, -0.2) is 13.1 Å². The van der Waals surface area contributed by atoms with Crippen LogP contribution in [0.3, 0.4) is 0 Å². The number of carbonyl (C=O) groups excluding carboxylic acids is 1. The van der Waals surface area contributed by atoms with Crippen LogP contribution in [0.2, 0.25) is 0 Å². The number of rotatable bonds is 5. The zero-order valence-electron chi connectivity index (χ0n) is 17.1. The predicted molar refractivity (Wildman–Crippen MR) is 111 cm³/mol. The first-order valence-electron chi connectivity index (χ1n) is 9.96. The molecule has 13 heteroatoms. The van der Waals surface area contributed by atoms with Gasteiger partial charge < -0.3 is 5.32 Å². The molecule has 0 unspecified atom stereocenters. The molecule has 1 aliphatic heterocycles. The molecule has 1 N–H and O–H groups in total. The van der Waals surface area contributed by atoms with Crippen molar-refractivity contribution in [2.24, 2.45) is 5.92 Å². The van der Waals surface area contributed by atoms with E-state index >= 15 is 0 Å². The smallest absolute Gasteiger partial charge is 0.326 e. The van der Waals surface area contributed by atoms with Crippen molar-refractivity contribution in [2.45, 2.75) is 23.9 Å². The number of aromatic nitrogens is 4. The quantitative estimate of drug-likeness (QED) is 0.601. The van der Waals surface area contributed by atoms with Crippen LogP contribution in [0, 0.1) is 5.92 Å². The Labute approximate surface area is 187 Å². The van der Waals surface area contributed by atoms with Crippen LogP contribution in [0.4, 0.5) is 18.9 Å². The van der Waals surface area contributed by atoms with Crippen LogP contribution in [-0.2, 0) is 21.0 Å². The zero-order valence-corrected chi connectivity index (χ0v) is 17.9. The highest BCUT2D eigenvalue weighted by Crippen LogP contribution is 2.32. The van der Waals surface area contributed by atoms with E-state index in [1.54, 1.807) is 24.3 Å². The summed E-state index contributed by atoms with van der Waals surface area (Å²) in [6.07, 6.45) is -2.73. The summed E-state index contributed by atoms with van der Waals surface area (Å²) in [6, 6.07) is 10.6. The van der Waals surface area contributed by atoms with Gasteiger partial charge in [0, 0.05) is 24.7 Å². The number of anilines is 1. The Kier molecular flexibility index (Phi) is 6.17. The molecular formula is C20H19F3N6O3S. The zero-order chi connectivity index (χ0) is 23.6. The number of piperidine rings is 1. The van der Waals surface area contributed by atoms with Crippen LogP contribution in [0.25, 0.3) is 5.69 Å². The Morgan fingerprint density at radius 1 is 1.06 bits per heavy atom. The number of alkyl halides is 3. The predicted octanol–water partition coefficient (Wildman–Crippen LogP) is 2.72. The number of sulfonamides is 1. The highest BCUT2D eigenvalue weighted by Gasteiger charge is 2.35. The Morgan fingerprint density at radius 2 is 1.79 bits per heavy atom. The third-order valence-electron chi connectivity index (χ3n) is 5.35. The molecule has 3 aromatic rings. The van der Waals surface area contributed by atoms with E-state index in [4.69, 9.17) is 0 Å². The van der Waals surface area contributed by atoms with Crippen molar-refractivity contribution in [3.63, 3.8) is 0 Å². The van der Waals surface area contributed by atoms with Gasteiger partial charge in [-0.05, 0) is 59.7 Å². The van der Waals surface area contributed by atoms with E-state index in [1.807, 2.05) is 0 Å². The Morgan fingerprint density at radius 3 is 2.45 bits per heavy atom. The summed E-state index contributed by atoms with van der Waals surface area (Å²) in [5.74, 6) is -0.699. The van der Waals surface area contributed by atoms with Gasteiger partial charge in [0.05, 0.1) is 16.1 Å². The monoisotopic (exact) mass is 480 g/mol. The lowest BCUT2D eigenvalue weighted by Gasteiger charge is -2.30. The van der Waals surface area contributed by atoms with Crippen molar-refractivity contribution in [3.05, 3.63) is 60.4 Å². The first kappa shape index (κ1) is 22.9. The molecule has 1 aromatic heterocycles. The minimum Gasteiger partial charge on any atom is -0.326 e. The molecule has 1 saturated heterocycles. The highest BCUT2D eigenvalue weighted by atomic mass is 32.2. The third-order valence-corrected chi connectivity index (χ3v) is 7.25. The number of halogens is 3. The summed E-state index contributed by atoms with van der Waals surface area (Å²) in [7, 11) is -4.10. The van der Waals surface area contributed by atoms with Crippen molar-refractivity contribution < 1.29 is 26.4 Å². The Hall–Kier alpha value is -3.32. The average molecular weight is 480 g/mol. The minimum atomic E-state index is -4.64. The largest absolute Gasteiger partial charge is 0.416 e. The molecule has 0 bridgehead atoms. The van der Waals surface area contributed by atoms with Crippen molar-refractivity contribution in [1.82, 2.24) is 24.5 Å². The normalized spacial score (nSPS) is 16.0. The topological polar surface area (TPSA) is 110 Å². The van der Waals surface area contributed by atoms with Crippen LogP contribution < -0.4 is 5.32 Å². The molecule has 0 atom stereocenters. The summed E-state index contributed by atoms with van der Waals surface area (Å²) in [5, 5.41) is 13.7. The van der Waals surface area contributed by atoms with Crippen molar-refractivity contribution in [2.75, 3.05) is 18.4 Å². The third kappa shape index (κ3) is 5.03. The summed E-state index contributed by atoms with van der Waals surface area (Å²) < 4.78 is 67.1. The standard InChI is InChI=1S/C20H19F3N6O3S/c21-20(22,23)15-3-1-6-18(11-15)33(31,32)28-9-7-14(8-10-28)19(30)25-16-4-2-5-17(12-16)29-13-24-26-27-29/h1-6,11-14H,7-10H2,(H,25,30). The van der Waals surface area contributed by atoms with Crippen LogP contribution >= 0.6 is 0 Å². The van der Waals surface area contributed by atoms with Gasteiger partial charge in [0.25, 0.3) is 0 Å². The van der Waals surface area contributed by atoms with Gasteiger partial charge in [-0.1, -0.05) is 12.1 Å². The molecular weight excluding hydrogens is 461 g/mol. The number of nitrogens with one attached hydrogen (secondary N) is 1. The Bertz CT molecular complexity index is 1240. The van der Waals surface area contributed by atoms with Gasteiger partial charge in [-0.15, -0.1) is 5.10 Å². The van der Waals surface area contributed by atoms with Gasteiger partial charge in [-0.2, -0.15) is 17.5 Å². The van der Waals surface area contributed by atoms with Crippen molar-refractivity contribution >= 4 is 21.6 Å². The van der Waals surface area contributed by atoms with Crippen LogP contribution in [0.1, 0.15) is 18.4 Å². The lowest BCUT2D eigenvalue weighted by Crippen LogP contribution is -2.41. The van der Waals surface area contributed by atoms with Gasteiger partial charge >= 0.3 is 6.18 Å². The van der Waals surface area contributed by atoms with Crippen LogP contribution in [-0.4, -0.2) is 51.9 Å².